The smallest absolute Gasteiger partial charge is 0.240 e. The molecule has 1 aromatic heterocycles. The summed E-state index contributed by atoms with van der Waals surface area (Å²) in [6.45, 7) is 3.83. The molecule has 0 saturated heterocycles. The SMILES string of the molecule is CC(C)C(Nc1nc(Cl)cs1)C(N)=O. The van der Waals surface area contributed by atoms with Crippen LogP contribution in [-0.4, -0.2) is 16.9 Å². The third-order valence-electron chi connectivity index (χ3n) is 1.73. The van der Waals surface area contributed by atoms with Crippen molar-refractivity contribution >= 4 is 34.0 Å². The Morgan fingerprint density at radius 1 is 1.71 bits per heavy atom. The van der Waals surface area contributed by atoms with E-state index in [4.69, 9.17) is 17.3 Å². The zero-order valence-corrected chi connectivity index (χ0v) is 9.52. The number of nitrogens with two attached hydrogens (primary N) is 1. The summed E-state index contributed by atoms with van der Waals surface area (Å²) in [5.41, 5.74) is 5.23. The summed E-state index contributed by atoms with van der Waals surface area (Å²) < 4.78 is 0. The Bertz CT molecular complexity index is 326. The standard InChI is InChI=1S/C8H12ClN3OS/c1-4(2)6(7(10)13)12-8-11-5(9)3-14-8/h3-4,6H,1-2H3,(H2,10,13)(H,11,12). The van der Waals surface area contributed by atoms with Gasteiger partial charge in [0.2, 0.25) is 5.91 Å². The van der Waals surface area contributed by atoms with Crippen molar-refractivity contribution in [2.45, 2.75) is 19.9 Å². The molecule has 14 heavy (non-hydrogen) atoms. The molecular formula is C8H12ClN3OS. The molecule has 3 N–H and O–H groups in total. The number of nitrogens with one attached hydrogen (secondary N) is 1. The van der Waals surface area contributed by atoms with Gasteiger partial charge in [-0.3, -0.25) is 4.79 Å². The molecule has 1 atom stereocenters. The minimum atomic E-state index is -0.405. The maximum absolute atomic E-state index is 11.1. The second-order valence-corrected chi connectivity index (χ2v) is 4.49. The van der Waals surface area contributed by atoms with Gasteiger partial charge in [-0.1, -0.05) is 25.4 Å². The quantitative estimate of drug-likeness (QED) is 0.832. The number of thiazole rings is 1. The molecule has 1 rings (SSSR count). The zero-order valence-electron chi connectivity index (χ0n) is 7.95. The van der Waals surface area contributed by atoms with Crippen LogP contribution in [0.2, 0.25) is 5.15 Å². The Morgan fingerprint density at radius 2 is 2.36 bits per heavy atom. The van der Waals surface area contributed by atoms with E-state index in [0.717, 1.165) is 0 Å². The Labute approximate surface area is 91.5 Å². The topological polar surface area (TPSA) is 68.0 Å². The molecule has 1 unspecified atom stereocenters. The number of carbonyl (C=O) groups excluding carboxylic acids is 1. The summed E-state index contributed by atoms with van der Waals surface area (Å²) in [7, 11) is 0. The van der Waals surface area contributed by atoms with E-state index < -0.39 is 6.04 Å². The molecule has 0 saturated carbocycles. The molecule has 0 aliphatic rings. The highest BCUT2D eigenvalue weighted by Gasteiger charge is 2.20. The van der Waals surface area contributed by atoms with Crippen LogP contribution in [0, 0.1) is 5.92 Å². The van der Waals surface area contributed by atoms with Gasteiger partial charge in [-0.15, -0.1) is 11.3 Å². The van der Waals surface area contributed by atoms with E-state index >= 15 is 0 Å². The molecule has 0 fully saturated rings. The van der Waals surface area contributed by atoms with Gasteiger partial charge in [0.05, 0.1) is 0 Å². The fourth-order valence-corrected chi connectivity index (χ4v) is 1.90. The summed E-state index contributed by atoms with van der Waals surface area (Å²) in [5.74, 6) is -0.263. The molecule has 1 amide bonds. The van der Waals surface area contributed by atoms with Crippen LogP contribution in [-0.2, 0) is 4.79 Å². The van der Waals surface area contributed by atoms with Crippen LogP contribution in [0.5, 0.6) is 0 Å². The number of hydrogen-bond donors (Lipinski definition) is 2. The molecule has 78 valence electrons. The average Bonchev–Trinajstić information content (AvgIpc) is 2.46. The molecule has 1 aromatic rings. The highest BCUT2D eigenvalue weighted by molar-refractivity contribution is 7.14. The van der Waals surface area contributed by atoms with Crippen molar-refractivity contribution in [1.29, 1.82) is 0 Å². The maximum atomic E-state index is 11.1. The molecular weight excluding hydrogens is 222 g/mol. The number of primary amides is 1. The molecule has 6 heteroatoms. The van der Waals surface area contributed by atoms with Gasteiger partial charge in [0.15, 0.2) is 5.13 Å². The van der Waals surface area contributed by atoms with Gasteiger partial charge in [-0.05, 0) is 5.92 Å². The normalized spacial score (nSPS) is 12.9. The van der Waals surface area contributed by atoms with Crippen molar-refractivity contribution in [3.63, 3.8) is 0 Å². The number of amides is 1. The molecule has 0 aliphatic heterocycles. The van der Waals surface area contributed by atoms with Crippen LogP contribution in [0.1, 0.15) is 13.8 Å². The molecule has 1 heterocycles. The zero-order chi connectivity index (χ0) is 10.7. The van der Waals surface area contributed by atoms with Gasteiger partial charge in [-0.25, -0.2) is 4.98 Å². The number of anilines is 1. The van der Waals surface area contributed by atoms with Crippen molar-refractivity contribution in [3.05, 3.63) is 10.5 Å². The number of aromatic nitrogens is 1. The van der Waals surface area contributed by atoms with Gasteiger partial charge in [0.25, 0.3) is 0 Å². The van der Waals surface area contributed by atoms with Gasteiger partial charge in [0.1, 0.15) is 11.2 Å². The monoisotopic (exact) mass is 233 g/mol. The number of carbonyl (C=O) groups is 1. The first-order valence-corrected chi connectivity index (χ1v) is 5.43. The molecule has 0 aromatic carbocycles. The summed E-state index contributed by atoms with van der Waals surface area (Å²) in [6, 6.07) is -0.405. The first kappa shape index (κ1) is 11.3. The van der Waals surface area contributed by atoms with Crippen LogP contribution in [0.3, 0.4) is 0 Å². The minimum absolute atomic E-state index is 0.121. The first-order chi connectivity index (χ1) is 6.50. The Balaban J connectivity index is 2.69. The van der Waals surface area contributed by atoms with Crippen molar-refractivity contribution in [2.24, 2.45) is 11.7 Å². The lowest BCUT2D eigenvalue weighted by molar-refractivity contribution is -0.119. The fourth-order valence-electron chi connectivity index (χ4n) is 1.02. The molecule has 0 radical (unpaired) electrons. The average molecular weight is 234 g/mol. The summed E-state index contributed by atoms with van der Waals surface area (Å²) >= 11 is 7.00. The number of halogens is 1. The molecule has 0 bridgehead atoms. The molecule has 0 spiro atoms. The Hall–Kier alpha value is -0.810. The van der Waals surface area contributed by atoms with Gasteiger partial charge in [0, 0.05) is 5.38 Å². The van der Waals surface area contributed by atoms with Crippen molar-refractivity contribution in [3.8, 4) is 0 Å². The van der Waals surface area contributed by atoms with E-state index in [1.807, 2.05) is 13.8 Å². The predicted octanol–water partition coefficient (Wildman–Crippen LogP) is 1.72. The lowest BCUT2D eigenvalue weighted by Gasteiger charge is -2.17. The third-order valence-corrected chi connectivity index (χ3v) is 2.82. The van der Waals surface area contributed by atoms with Crippen LogP contribution >= 0.6 is 22.9 Å². The van der Waals surface area contributed by atoms with Gasteiger partial charge in [-0.2, -0.15) is 0 Å². The minimum Gasteiger partial charge on any atom is -0.368 e. The summed E-state index contributed by atoms with van der Waals surface area (Å²) in [6.07, 6.45) is 0. The Kier molecular flexibility index (Phi) is 3.71. The second kappa shape index (κ2) is 4.61. The van der Waals surface area contributed by atoms with E-state index in [-0.39, 0.29) is 11.8 Å². The van der Waals surface area contributed by atoms with E-state index in [0.29, 0.717) is 10.3 Å². The third kappa shape index (κ3) is 2.85. The lowest BCUT2D eigenvalue weighted by atomic mass is 10.0. The number of rotatable bonds is 4. The predicted molar refractivity (Wildman–Crippen MR) is 58.6 cm³/mol. The number of nitrogens with zero attached hydrogens (tertiary/aromatic N) is 1. The fraction of sp³-hybridized carbons (Fsp3) is 0.500. The van der Waals surface area contributed by atoms with E-state index in [1.54, 1.807) is 5.38 Å². The first-order valence-electron chi connectivity index (χ1n) is 4.17. The van der Waals surface area contributed by atoms with E-state index in [2.05, 4.69) is 10.3 Å². The maximum Gasteiger partial charge on any atom is 0.240 e. The van der Waals surface area contributed by atoms with Crippen LogP contribution in [0.15, 0.2) is 5.38 Å². The molecule has 0 aliphatic carbocycles. The van der Waals surface area contributed by atoms with Crippen molar-refractivity contribution in [1.82, 2.24) is 4.98 Å². The molecule has 4 nitrogen and oxygen atoms in total. The van der Waals surface area contributed by atoms with Crippen molar-refractivity contribution < 1.29 is 4.79 Å². The van der Waals surface area contributed by atoms with Crippen molar-refractivity contribution in [2.75, 3.05) is 5.32 Å². The highest BCUT2D eigenvalue weighted by Crippen LogP contribution is 2.20. The number of hydrogen-bond acceptors (Lipinski definition) is 4. The second-order valence-electron chi connectivity index (χ2n) is 3.24. The Morgan fingerprint density at radius 3 is 2.71 bits per heavy atom. The summed E-state index contributed by atoms with van der Waals surface area (Å²) in [5, 5.41) is 5.68. The van der Waals surface area contributed by atoms with Crippen LogP contribution in [0.4, 0.5) is 5.13 Å². The van der Waals surface area contributed by atoms with Gasteiger partial charge >= 0.3 is 0 Å². The highest BCUT2D eigenvalue weighted by atomic mass is 35.5. The van der Waals surface area contributed by atoms with Gasteiger partial charge < -0.3 is 11.1 Å². The van der Waals surface area contributed by atoms with E-state index in [1.165, 1.54) is 11.3 Å². The summed E-state index contributed by atoms with van der Waals surface area (Å²) in [4.78, 5) is 15.0. The van der Waals surface area contributed by atoms with Crippen LogP contribution < -0.4 is 11.1 Å². The van der Waals surface area contributed by atoms with E-state index in [9.17, 15) is 4.79 Å². The lowest BCUT2D eigenvalue weighted by Crippen LogP contribution is -2.39. The van der Waals surface area contributed by atoms with Crippen LogP contribution in [0.25, 0.3) is 0 Å². The largest absolute Gasteiger partial charge is 0.368 e.